The van der Waals surface area contributed by atoms with E-state index in [-0.39, 0.29) is 38.0 Å². The van der Waals surface area contributed by atoms with Gasteiger partial charge in [0.1, 0.15) is 11.6 Å². The lowest BCUT2D eigenvalue weighted by molar-refractivity contribution is -0.127. The zero-order valence-electron chi connectivity index (χ0n) is 11.4. The van der Waals surface area contributed by atoms with Crippen LogP contribution in [-0.4, -0.2) is 66.6 Å². The number of carbonyl (C=O) groups is 1. The van der Waals surface area contributed by atoms with Gasteiger partial charge in [-0.3, -0.25) is 4.79 Å². The molecule has 0 aromatic rings. The fourth-order valence-electron chi connectivity index (χ4n) is 1.97. The monoisotopic (exact) mass is 283 g/mol. The van der Waals surface area contributed by atoms with Crippen molar-refractivity contribution in [3.63, 3.8) is 0 Å². The van der Waals surface area contributed by atoms with Crippen molar-refractivity contribution in [2.24, 2.45) is 0 Å². The van der Waals surface area contributed by atoms with Crippen molar-refractivity contribution in [2.75, 3.05) is 39.5 Å². The average molecular weight is 283 g/mol. The summed E-state index contributed by atoms with van der Waals surface area (Å²) in [6.45, 7) is 1.05. The third-order valence-electron chi connectivity index (χ3n) is 2.99. The number of amides is 1. The summed E-state index contributed by atoms with van der Waals surface area (Å²) in [6.07, 6.45) is 3.48. The van der Waals surface area contributed by atoms with Gasteiger partial charge in [-0.05, 0) is 12.8 Å². The molecule has 20 heavy (non-hydrogen) atoms. The summed E-state index contributed by atoms with van der Waals surface area (Å²) in [4.78, 5) is 13.3. The van der Waals surface area contributed by atoms with E-state index in [2.05, 4.69) is 5.32 Å². The topological polar surface area (TPSA) is 106 Å². The Morgan fingerprint density at radius 3 is 2.65 bits per heavy atom. The lowest BCUT2D eigenvalue weighted by Crippen LogP contribution is -2.37. The van der Waals surface area contributed by atoms with Gasteiger partial charge in [0.2, 0.25) is 0 Å². The third-order valence-corrected chi connectivity index (χ3v) is 2.99. The van der Waals surface area contributed by atoms with Crippen LogP contribution in [-0.2, 0) is 9.53 Å². The minimum absolute atomic E-state index is 0.0510. The molecule has 3 N–H and O–H groups in total. The van der Waals surface area contributed by atoms with E-state index in [0.717, 1.165) is 19.4 Å². The molecule has 0 aromatic heterocycles. The molecule has 1 aliphatic rings. The van der Waals surface area contributed by atoms with E-state index in [1.165, 1.54) is 11.1 Å². The molecule has 1 heterocycles. The summed E-state index contributed by atoms with van der Waals surface area (Å²) in [6, 6.07) is 1.83. The van der Waals surface area contributed by atoms with E-state index in [1.54, 1.807) is 0 Å². The van der Waals surface area contributed by atoms with Crippen molar-refractivity contribution >= 4 is 5.91 Å². The molecule has 0 saturated carbocycles. The molecule has 0 radical (unpaired) electrons. The first-order valence-corrected chi connectivity index (χ1v) is 6.69. The average Bonchev–Trinajstić information content (AvgIpc) is 2.96. The van der Waals surface area contributed by atoms with Crippen LogP contribution in [0.5, 0.6) is 0 Å². The van der Waals surface area contributed by atoms with Crippen LogP contribution in [0.25, 0.3) is 0 Å². The Bertz CT molecular complexity index is 366. The molecule has 0 aliphatic carbocycles. The molecule has 1 saturated heterocycles. The lowest BCUT2D eigenvalue weighted by atomic mass is 10.2. The number of nitrogens with zero attached hydrogens (tertiary/aromatic N) is 2. The number of nitrogens with one attached hydrogen (secondary N) is 1. The molecule has 7 heteroatoms. The van der Waals surface area contributed by atoms with E-state index in [1.807, 2.05) is 6.07 Å². The second-order valence-corrected chi connectivity index (χ2v) is 4.45. The zero-order valence-corrected chi connectivity index (χ0v) is 11.4. The number of aliphatic hydroxyl groups excluding tert-OH is 2. The Hall–Kier alpha value is -1.62. The summed E-state index contributed by atoms with van der Waals surface area (Å²) >= 11 is 0. The first-order chi connectivity index (χ1) is 9.72. The predicted octanol–water partition coefficient (Wildman–Crippen LogP) is -1.02. The highest BCUT2D eigenvalue weighted by Gasteiger charge is 2.18. The first kappa shape index (κ1) is 16.4. The number of ether oxygens (including phenoxy) is 1. The maximum absolute atomic E-state index is 12.0. The predicted molar refractivity (Wildman–Crippen MR) is 71.4 cm³/mol. The first-order valence-electron chi connectivity index (χ1n) is 6.69. The van der Waals surface area contributed by atoms with Gasteiger partial charge in [-0.1, -0.05) is 0 Å². The van der Waals surface area contributed by atoms with Crippen LogP contribution in [0.3, 0.4) is 0 Å². The minimum atomic E-state index is -0.504. The van der Waals surface area contributed by atoms with Crippen LogP contribution >= 0.6 is 0 Å². The number of nitriles is 1. The zero-order chi connectivity index (χ0) is 14.8. The SMILES string of the molecule is N#C/C(=C/NCC1CCCO1)C(=O)N(CCO)CCO. The Labute approximate surface area is 118 Å². The molecule has 7 nitrogen and oxygen atoms in total. The molecule has 0 aromatic carbocycles. The van der Waals surface area contributed by atoms with Crippen LogP contribution in [0, 0.1) is 11.3 Å². The number of aliphatic hydroxyl groups is 2. The summed E-state index contributed by atoms with van der Waals surface area (Å²) in [5.74, 6) is -0.504. The fourth-order valence-corrected chi connectivity index (χ4v) is 1.97. The van der Waals surface area contributed by atoms with E-state index in [0.29, 0.717) is 6.54 Å². The Morgan fingerprint density at radius 1 is 1.45 bits per heavy atom. The van der Waals surface area contributed by atoms with Crippen LogP contribution < -0.4 is 5.32 Å². The van der Waals surface area contributed by atoms with Gasteiger partial charge in [-0.25, -0.2) is 0 Å². The molecule has 1 atom stereocenters. The van der Waals surface area contributed by atoms with Crippen molar-refractivity contribution in [1.29, 1.82) is 5.26 Å². The third kappa shape index (κ3) is 5.17. The number of hydrogen-bond donors (Lipinski definition) is 3. The van der Waals surface area contributed by atoms with Crippen molar-refractivity contribution in [2.45, 2.75) is 18.9 Å². The second-order valence-electron chi connectivity index (χ2n) is 4.45. The van der Waals surface area contributed by atoms with Gasteiger partial charge in [0.25, 0.3) is 5.91 Å². The van der Waals surface area contributed by atoms with Crippen molar-refractivity contribution in [3.8, 4) is 6.07 Å². The molecule has 1 amide bonds. The van der Waals surface area contributed by atoms with Crippen molar-refractivity contribution < 1.29 is 19.7 Å². The number of rotatable bonds is 8. The fraction of sp³-hybridized carbons (Fsp3) is 0.692. The smallest absolute Gasteiger partial charge is 0.266 e. The lowest BCUT2D eigenvalue weighted by Gasteiger charge is -2.20. The van der Waals surface area contributed by atoms with Crippen molar-refractivity contribution in [3.05, 3.63) is 11.8 Å². The van der Waals surface area contributed by atoms with Gasteiger partial charge in [-0.15, -0.1) is 0 Å². The molecule has 1 rings (SSSR count). The molecular weight excluding hydrogens is 262 g/mol. The summed E-state index contributed by atoms with van der Waals surface area (Å²) in [7, 11) is 0. The Morgan fingerprint density at radius 2 is 2.15 bits per heavy atom. The highest BCUT2D eigenvalue weighted by Crippen LogP contribution is 2.10. The van der Waals surface area contributed by atoms with Gasteiger partial charge < -0.3 is 25.2 Å². The molecule has 1 unspecified atom stereocenters. The van der Waals surface area contributed by atoms with E-state index in [9.17, 15) is 4.79 Å². The Balaban J connectivity index is 2.53. The van der Waals surface area contributed by atoms with E-state index >= 15 is 0 Å². The van der Waals surface area contributed by atoms with Crippen molar-refractivity contribution in [1.82, 2.24) is 10.2 Å². The van der Waals surface area contributed by atoms with Crippen LogP contribution in [0.1, 0.15) is 12.8 Å². The van der Waals surface area contributed by atoms with Gasteiger partial charge in [-0.2, -0.15) is 5.26 Å². The highest BCUT2D eigenvalue weighted by molar-refractivity contribution is 5.97. The molecule has 0 spiro atoms. The minimum Gasteiger partial charge on any atom is -0.395 e. The van der Waals surface area contributed by atoms with Crippen LogP contribution in [0.2, 0.25) is 0 Å². The standard InChI is InChI=1S/C13H21N3O4/c14-8-11(9-15-10-12-2-1-7-20-12)13(19)16(3-5-17)4-6-18/h9,12,15,17-18H,1-7,10H2/b11-9-. The summed E-state index contributed by atoms with van der Waals surface area (Å²) in [5, 5.41) is 29.7. The van der Waals surface area contributed by atoms with Gasteiger partial charge in [0.15, 0.2) is 0 Å². The van der Waals surface area contributed by atoms with Crippen LogP contribution in [0.15, 0.2) is 11.8 Å². The summed E-state index contributed by atoms with van der Waals surface area (Å²) in [5.41, 5.74) is -0.0510. The quantitative estimate of drug-likeness (QED) is 0.389. The number of carbonyl (C=O) groups excluding carboxylic acids is 1. The summed E-state index contributed by atoms with van der Waals surface area (Å²) < 4.78 is 5.42. The highest BCUT2D eigenvalue weighted by atomic mass is 16.5. The van der Waals surface area contributed by atoms with E-state index < -0.39 is 5.91 Å². The molecule has 0 bridgehead atoms. The second kappa shape index (κ2) is 9.31. The normalized spacial score (nSPS) is 18.6. The van der Waals surface area contributed by atoms with E-state index in [4.69, 9.17) is 20.2 Å². The largest absolute Gasteiger partial charge is 0.395 e. The molecular formula is C13H21N3O4. The van der Waals surface area contributed by atoms with Gasteiger partial charge >= 0.3 is 0 Å². The van der Waals surface area contributed by atoms with Gasteiger partial charge in [0, 0.05) is 32.4 Å². The van der Waals surface area contributed by atoms with Crippen LogP contribution in [0.4, 0.5) is 0 Å². The number of hydrogen-bond acceptors (Lipinski definition) is 6. The Kier molecular flexibility index (Phi) is 7.65. The molecule has 1 fully saturated rings. The maximum atomic E-state index is 12.0. The molecule has 1 aliphatic heterocycles. The maximum Gasteiger partial charge on any atom is 0.266 e. The van der Waals surface area contributed by atoms with Gasteiger partial charge in [0.05, 0.1) is 19.3 Å². The molecule has 112 valence electrons.